The molecule has 1 saturated heterocycles. The third-order valence-corrected chi connectivity index (χ3v) is 3.02. The topological polar surface area (TPSA) is 49.5 Å². The van der Waals surface area contributed by atoms with E-state index in [-0.39, 0.29) is 12.4 Å². The fraction of sp³-hybridized carbons (Fsp3) is 0.500. The van der Waals surface area contributed by atoms with Crippen LogP contribution in [0.15, 0.2) is 18.2 Å². The summed E-state index contributed by atoms with van der Waals surface area (Å²) in [4.78, 5) is 2.11. The molecule has 1 aliphatic rings. The van der Waals surface area contributed by atoms with Gasteiger partial charge in [-0.15, -0.1) is 0 Å². The molecule has 3 N–H and O–H groups in total. The molecular formula is C12H17FN2O. The van der Waals surface area contributed by atoms with E-state index in [2.05, 4.69) is 4.90 Å². The SMILES string of the molecule is NCC(O)c1ccc(F)cc1N1CCCC1. The zero-order valence-electron chi connectivity index (χ0n) is 9.19. The van der Waals surface area contributed by atoms with E-state index in [4.69, 9.17) is 5.73 Å². The number of halogens is 1. The van der Waals surface area contributed by atoms with Crippen LogP contribution in [-0.2, 0) is 0 Å². The number of hydrogen-bond donors (Lipinski definition) is 2. The van der Waals surface area contributed by atoms with Crippen molar-refractivity contribution in [2.45, 2.75) is 18.9 Å². The summed E-state index contributed by atoms with van der Waals surface area (Å²) in [5.41, 5.74) is 6.96. The lowest BCUT2D eigenvalue weighted by Crippen LogP contribution is -2.22. The minimum atomic E-state index is -0.712. The van der Waals surface area contributed by atoms with E-state index in [9.17, 15) is 9.50 Å². The van der Waals surface area contributed by atoms with Gasteiger partial charge >= 0.3 is 0 Å². The van der Waals surface area contributed by atoms with Gasteiger partial charge in [0.1, 0.15) is 5.82 Å². The molecule has 1 aliphatic heterocycles. The zero-order valence-corrected chi connectivity index (χ0v) is 9.19. The summed E-state index contributed by atoms with van der Waals surface area (Å²) >= 11 is 0. The first kappa shape index (κ1) is 11.4. The molecule has 0 radical (unpaired) electrons. The smallest absolute Gasteiger partial charge is 0.125 e. The molecule has 1 heterocycles. The number of rotatable bonds is 3. The van der Waals surface area contributed by atoms with Crippen molar-refractivity contribution in [2.75, 3.05) is 24.5 Å². The van der Waals surface area contributed by atoms with E-state index in [0.29, 0.717) is 0 Å². The average molecular weight is 224 g/mol. The Hall–Kier alpha value is -1.13. The van der Waals surface area contributed by atoms with Crippen molar-refractivity contribution in [1.29, 1.82) is 0 Å². The minimum Gasteiger partial charge on any atom is -0.387 e. The van der Waals surface area contributed by atoms with Gasteiger partial charge in [-0.05, 0) is 25.0 Å². The normalized spacial score (nSPS) is 17.8. The lowest BCUT2D eigenvalue weighted by molar-refractivity contribution is 0.187. The van der Waals surface area contributed by atoms with Crippen molar-refractivity contribution < 1.29 is 9.50 Å². The summed E-state index contributed by atoms with van der Waals surface area (Å²) in [7, 11) is 0. The van der Waals surface area contributed by atoms with Gasteiger partial charge in [-0.2, -0.15) is 0 Å². The summed E-state index contributed by atoms with van der Waals surface area (Å²) in [5, 5.41) is 9.79. The van der Waals surface area contributed by atoms with Gasteiger partial charge in [0.2, 0.25) is 0 Å². The highest BCUT2D eigenvalue weighted by molar-refractivity contribution is 5.55. The average Bonchev–Trinajstić information content (AvgIpc) is 2.81. The largest absolute Gasteiger partial charge is 0.387 e. The molecule has 0 spiro atoms. The molecular weight excluding hydrogens is 207 g/mol. The first-order valence-electron chi connectivity index (χ1n) is 5.65. The maximum Gasteiger partial charge on any atom is 0.125 e. The van der Waals surface area contributed by atoms with Gasteiger partial charge in [0.05, 0.1) is 6.10 Å². The standard InChI is InChI=1S/C12H17FN2O/c13-9-3-4-10(12(16)8-14)11(7-9)15-5-1-2-6-15/h3-4,7,12,16H,1-2,5-6,8,14H2. The van der Waals surface area contributed by atoms with Crippen LogP contribution in [-0.4, -0.2) is 24.7 Å². The van der Waals surface area contributed by atoms with Crippen molar-refractivity contribution in [3.63, 3.8) is 0 Å². The Balaban J connectivity index is 2.35. The molecule has 0 aliphatic carbocycles. The van der Waals surface area contributed by atoms with E-state index < -0.39 is 6.10 Å². The van der Waals surface area contributed by atoms with E-state index in [1.165, 1.54) is 12.1 Å². The van der Waals surface area contributed by atoms with Gasteiger partial charge in [0.15, 0.2) is 0 Å². The molecule has 1 atom stereocenters. The number of aliphatic hydroxyl groups excluding tert-OH is 1. The van der Waals surface area contributed by atoms with Gasteiger partial charge in [-0.1, -0.05) is 6.07 Å². The van der Waals surface area contributed by atoms with Crippen LogP contribution in [0.4, 0.5) is 10.1 Å². The van der Waals surface area contributed by atoms with Crippen LogP contribution in [0.25, 0.3) is 0 Å². The van der Waals surface area contributed by atoms with Crippen molar-refractivity contribution in [1.82, 2.24) is 0 Å². The fourth-order valence-corrected chi connectivity index (χ4v) is 2.16. The van der Waals surface area contributed by atoms with Crippen LogP contribution >= 0.6 is 0 Å². The molecule has 16 heavy (non-hydrogen) atoms. The summed E-state index contributed by atoms with van der Waals surface area (Å²) in [6, 6.07) is 4.48. The summed E-state index contributed by atoms with van der Waals surface area (Å²) in [5.74, 6) is -0.269. The quantitative estimate of drug-likeness (QED) is 0.816. The third-order valence-electron chi connectivity index (χ3n) is 3.02. The minimum absolute atomic E-state index is 0.159. The van der Waals surface area contributed by atoms with E-state index in [0.717, 1.165) is 37.2 Å². The van der Waals surface area contributed by atoms with Gasteiger partial charge in [-0.3, -0.25) is 0 Å². The summed E-state index contributed by atoms with van der Waals surface area (Å²) in [6.07, 6.45) is 1.53. The monoisotopic (exact) mass is 224 g/mol. The maximum atomic E-state index is 13.2. The highest BCUT2D eigenvalue weighted by Gasteiger charge is 2.19. The van der Waals surface area contributed by atoms with Crippen LogP contribution in [0.5, 0.6) is 0 Å². The van der Waals surface area contributed by atoms with E-state index in [1.807, 2.05) is 0 Å². The number of hydrogen-bond acceptors (Lipinski definition) is 3. The highest BCUT2D eigenvalue weighted by atomic mass is 19.1. The van der Waals surface area contributed by atoms with Gasteiger partial charge in [0.25, 0.3) is 0 Å². The summed E-state index contributed by atoms with van der Waals surface area (Å²) in [6.45, 7) is 2.01. The Bertz CT molecular complexity index is 364. The van der Waals surface area contributed by atoms with Crippen LogP contribution < -0.4 is 10.6 Å². The summed E-state index contributed by atoms with van der Waals surface area (Å²) < 4.78 is 13.2. The van der Waals surface area contributed by atoms with Crippen LogP contribution in [0.1, 0.15) is 24.5 Å². The second kappa shape index (κ2) is 4.80. The fourth-order valence-electron chi connectivity index (χ4n) is 2.16. The number of nitrogens with zero attached hydrogens (tertiary/aromatic N) is 1. The molecule has 4 heteroatoms. The zero-order chi connectivity index (χ0) is 11.5. The first-order valence-corrected chi connectivity index (χ1v) is 5.65. The van der Waals surface area contributed by atoms with Crippen molar-refractivity contribution in [3.8, 4) is 0 Å². The molecule has 0 aromatic heterocycles. The molecule has 0 bridgehead atoms. The number of nitrogens with two attached hydrogens (primary N) is 1. The van der Waals surface area contributed by atoms with Crippen LogP contribution in [0.3, 0.4) is 0 Å². The molecule has 1 aromatic rings. The number of benzene rings is 1. The predicted octanol–water partition coefficient (Wildman–Crippen LogP) is 1.42. The molecule has 2 rings (SSSR count). The number of aliphatic hydroxyl groups is 1. The molecule has 3 nitrogen and oxygen atoms in total. The number of anilines is 1. The Morgan fingerprint density at radius 3 is 2.69 bits per heavy atom. The molecule has 1 aromatic carbocycles. The first-order chi connectivity index (χ1) is 7.72. The molecule has 0 amide bonds. The van der Waals surface area contributed by atoms with Gasteiger partial charge < -0.3 is 15.7 Å². The second-order valence-electron chi connectivity index (χ2n) is 4.15. The predicted molar refractivity (Wildman–Crippen MR) is 61.9 cm³/mol. The molecule has 88 valence electrons. The maximum absolute atomic E-state index is 13.2. The van der Waals surface area contributed by atoms with Crippen molar-refractivity contribution in [2.24, 2.45) is 5.73 Å². The molecule has 0 saturated carbocycles. The van der Waals surface area contributed by atoms with Gasteiger partial charge in [-0.25, -0.2) is 4.39 Å². The van der Waals surface area contributed by atoms with Crippen molar-refractivity contribution in [3.05, 3.63) is 29.6 Å². The Kier molecular flexibility index (Phi) is 3.41. The van der Waals surface area contributed by atoms with Crippen LogP contribution in [0.2, 0.25) is 0 Å². The second-order valence-corrected chi connectivity index (χ2v) is 4.15. The third kappa shape index (κ3) is 2.18. The Labute approximate surface area is 94.7 Å². The lowest BCUT2D eigenvalue weighted by atomic mass is 10.1. The van der Waals surface area contributed by atoms with Gasteiger partial charge in [0, 0.05) is 30.9 Å². The Morgan fingerprint density at radius 1 is 1.38 bits per heavy atom. The van der Waals surface area contributed by atoms with Crippen LogP contribution in [0, 0.1) is 5.82 Å². The highest BCUT2D eigenvalue weighted by Crippen LogP contribution is 2.29. The lowest BCUT2D eigenvalue weighted by Gasteiger charge is -2.23. The molecule has 1 unspecified atom stereocenters. The van der Waals surface area contributed by atoms with Crippen molar-refractivity contribution >= 4 is 5.69 Å². The molecule has 1 fully saturated rings. The van der Waals surface area contributed by atoms with E-state index >= 15 is 0 Å². The van der Waals surface area contributed by atoms with E-state index in [1.54, 1.807) is 6.07 Å². The Morgan fingerprint density at radius 2 is 2.06 bits per heavy atom.